The van der Waals surface area contributed by atoms with Crippen molar-refractivity contribution < 1.29 is 9.59 Å². The van der Waals surface area contributed by atoms with Crippen LogP contribution in [0.2, 0.25) is 5.02 Å². The van der Waals surface area contributed by atoms with Crippen LogP contribution < -0.4 is 10.6 Å². The first-order chi connectivity index (χ1) is 12.1. The van der Waals surface area contributed by atoms with E-state index in [1.807, 2.05) is 0 Å². The van der Waals surface area contributed by atoms with Crippen molar-refractivity contribution in [3.63, 3.8) is 0 Å². The average molecular weight is 358 g/mol. The molecule has 1 aliphatic rings. The summed E-state index contributed by atoms with van der Waals surface area (Å²) < 4.78 is 0. The summed E-state index contributed by atoms with van der Waals surface area (Å²) in [6.07, 6.45) is 5.51. The quantitative estimate of drug-likeness (QED) is 0.867. The van der Waals surface area contributed by atoms with Gasteiger partial charge in [0, 0.05) is 16.8 Å². The summed E-state index contributed by atoms with van der Waals surface area (Å²) in [4.78, 5) is 28.9. The van der Waals surface area contributed by atoms with Crippen molar-refractivity contribution in [1.29, 1.82) is 0 Å². The fourth-order valence-corrected chi connectivity index (χ4v) is 3.05. The van der Waals surface area contributed by atoms with E-state index in [1.54, 1.807) is 42.5 Å². The summed E-state index contributed by atoms with van der Waals surface area (Å²) in [7, 11) is 0. The van der Waals surface area contributed by atoms with Crippen LogP contribution in [0.1, 0.15) is 53.1 Å². The first-order valence-electron chi connectivity index (χ1n) is 8.46. The lowest BCUT2D eigenvalue weighted by Crippen LogP contribution is -2.36. The molecule has 0 radical (unpaired) electrons. The number of hydrogen-bond donors (Lipinski definition) is 2. The highest BCUT2D eigenvalue weighted by Gasteiger charge is 2.18. The van der Waals surface area contributed by atoms with Gasteiger partial charge >= 0.3 is 0 Å². The Bertz CT molecular complexity index is 756. The van der Waals surface area contributed by atoms with Gasteiger partial charge in [0.25, 0.3) is 11.8 Å². The zero-order valence-corrected chi connectivity index (χ0v) is 14.6. The number of amides is 2. The van der Waals surface area contributed by atoms with Gasteiger partial charge in [0.2, 0.25) is 0 Å². The van der Waals surface area contributed by atoms with Crippen LogP contribution in [0, 0.1) is 0 Å². The molecule has 0 aliphatic heterocycles. The molecule has 0 unspecified atom stereocenters. The standard InChI is InChI=1S/C19H20ClN3O2/c20-13-9-11-15(12-10-13)22-19(25)17-8-4-7-16(23-17)18(24)21-14-5-2-1-3-6-14/h4,7-12,14H,1-3,5-6H2,(H,21,24)(H,22,25). The van der Waals surface area contributed by atoms with Crippen LogP contribution in [-0.2, 0) is 0 Å². The van der Waals surface area contributed by atoms with Crippen LogP contribution in [0.5, 0.6) is 0 Å². The zero-order chi connectivity index (χ0) is 17.6. The van der Waals surface area contributed by atoms with Crippen LogP contribution in [0.15, 0.2) is 42.5 Å². The van der Waals surface area contributed by atoms with E-state index in [-0.39, 0.29) is 29.2 Å². The maximum Gasteiger partial charge on any atom is 0.274 e. The molecule has 2 aromatic rings. The van der Waals surface area contributed by atoms with Crippen LogP contribution in [0.25, 0.3) is 0 Å². The van der Waals surface area contributed by atoms with Gasteiger partial charge in [-0.2, -0.15) is 0 Å². The van der Waals surface area contributed by atoms with E-state index in [9.17, 15) is 9.59 Å². The summed E-state index contributed by atoms with van der Waals surface area (Å²) in [5, 5.41) is 6.35. The van der Waals surface area contributed by atoms with Crippen molar-refractivity contribution in [2.24, 2.45) is 0 Å². The molecule has 1 aliphatic carbocycles. The predicted octanol–water partition coefficient (Wildman–Crippen LogP) is 4.05. The van der Waals surface area contributed by atoms with E-state index in [0.29, 0.717) is 10.7 Å². The van der Waals surface area contributed by atoms with Crippen LogP contribution in [-0.4, -0.2) is 22.8 Å². The molecule has 2 N–H and O–H groups in total. The van der Waals surface area contributed by atoms with Crippen molar-refractivity contribution in [3.05, 3.63) is 58.9 Å². The third-order valence-corrected chi connectivity index (χ3v) is 4.51. The number of rotatable bonds is 4. The largest absolute Gasteiger partial charge is 0.348 e. The van der Waals surface area contributed by atoms with E-state index in [4.69, 9.17) is 11.6 Å². The Kier molecular flexibility index (Phi) is 5.66. The fraction of sp³-hybridized carbons (Fsp3) is 0.316. The van der Waals surface area contributed by atoms with E-state index < -0.39 is 0 Å². The highest BCUT2D eigenvalue weighted by Crippen LogP contribution is 2.18. The predicted molar refractivity (Wildman–Crippen MR) is 98.0 cm³/mol. The average Bonchev–Trinajstić information content (AvgIpc) is 2.64. The summed E-state index contributed by atoms with van der Waals surface area (Å²) in [6.45, 7) is 0. The van der Waals surface area contributed by atoms with Crippen molar-refractivity contribution in [2.75, 3.05) is 5.32 Å². The summed E-state index contributed by atoms with van der Waals surface area (Å²) in [5.41, 5.74) is 1.08. The highest BCUT2D eigenvalue weighted by molar-refractivity contribution is 6.30. The molecule has 1 fully saturated rings. The third-order valence-electron chi connectivity index (χ3n) is 4.26. The number of benzene rings is 1. The molecule has 6 heteroatoms. The number of pyridine rings is 1. The van der Waals surface area contributed by atoms with Gasteiger partial charge in [-0.3, -0.25) is 9.59 Å². The maximum atomic E-state index is 12.4. The lowest BCUT2D eigenvalue weighted by Gasteiger charge is -2.22. The van der Waals surface area contributed by atoms with Gasteiger partial charge in [-0.1, -0.05) is 36.9 Å². The zero-order valence-electron chi connectivity index (χ0n) is 13.8. The van der Waals surface area contributed by atoms with Gasteiger partial charge < -0.3 is 10.6 Å². The normalized spacial score (nSPS) is 14.8. The Morgan fingerprint density at radius 1 is 0.920 bits per heavy atom. The molecule has 0 bridgehead atoms. The van der Waals surface area contributed by atoms with E-state index in [0.717, 1.165) is 25.7 Å². The second-order valence-electron chi connectivity index (χ2n) is 6.18. The van der Waals surface area contributed by atoms with Crippen LogP contribution in [0.3, 0.4) is 0 Å². The van der Waals surface area contributed by atoms with Gasteiger partial charge in [0.15, 0.2) is 0 Å². The molecule has 130 valence electrons. The molecule has 0 atom stereocenters. The number of halogens is 1. The number of nitrogens with one attached hydrogen (secondary N) is 2. The van der Waals surface area contributed by atoms with Gasteiger partial charge in [-0.25, -0.2) is 4.98 Å². The molecular weight excluding hydrogens is 338 g/mol. The SMILES string of the molecule is O=C(Nc1ccc(Cl)cc1)c1cccc(C(=O)NC2CCCCC2)n1. The van der Waals surface area contributed by atoms with Gasteiger partial charge in [0.1, 0.15) is 11.4 Å². The monoisotopic (exact) mass is 357 g/mol. The van der Waals surface area contributed by atoms with E-state index >= 15 is 0 Å². The molecule has 1 aromatic heterocycles. The third kappa shape index (κ3) is 4.79. The molecule has 1 aromatic carbocycles. The van der Waals surface area contributed by atoms with Gasteiger partial charge in [-0.15, -0.1) is 0 Å². The second-order valence-corrected chi connectivity index (χ2v) is 6.61. The van der Waals surface area contributed by atoms with E-state index in [1.165, 1.54) is 6.42 Å². The number of carbonyl (C=O) groups excluding carboxylic acids is 2. The number of aromatic nitrogens is 1. The Labute approximate surface area is 151 Å². The number of nitrogens with zero attached hydrogens (tertiary/aromatic N) is 1. The van der Waals surface area contributed by atoms with Crippen LogP contribution in [0.4, 0.5) is 5.69 Å². The first-order valence-corrected chi connectivity index (χ1v) is 8.84. The molecule has 0 saturated heterocycles. The summed E-state index contributed by atoms with van der Waals surface area (Å²) >= 11 is 5.83. The highest BCUT2D eigenvalue weighted by atomic mass is 35.5. The maximum absolute atomic E-state index is 12.4. The molecule has 1 heterocycles. The van der Waals surface area contributed by atoms with Crippen molar-refractivity contribution >= 4 is 29.1 Å². The molecule has 5 nitrogen and oxygen atoms in total. The lowest BCUT2D eigenvalue weighted by molar-refractivity contribution is 0.0922. The Morgan fingerprint density at radius 2 is 1.56 bits per heavy atom. The first kappa shape index (κ1) is 17.4. The van der Waals surface area contributed by atoms with Gasteiger partial charge in [-0.05, 0) is 49.2 Å². The summed E-state index contributed by atoms with van der Waals surface area (Å²) in [6, 6.07) is 11.9. The Balaban J connectivity index is 1.66. The minimum Gasteiger partial charge on any atom is -0.348 e. The number of carbonyl (C=O) groups is 2. The molecule has 3 rings (SSSR count). The molecule has 0 spiro atoms. The van der Waals surface area contributed by atoms with Crippen molar-refractivity contribution in [2.45, 2.75) is 38.1 Å². The van der Waals surface area contributed by atoms with Crippen molar-refractivity contribution in [3.8, 4) is 0 Å². The minimum absolute atomic E-state index is 0.200. The minimum atomic E-state index is -0.366. The molecular formula is C19H20ClN3O2. The lowest BCUT2D eigenvalue weighted by atomic mass is 9.95. The number of hydrogen-bond acceptors (Lipinski definition) is 3. The Morgan fingerprint density at radius 3 is 2.24 bits per heavy atom. The summed E-state index contributed by atoms with van der Waals surface area (Å²) in [5.74, 6) is -0.595. The van der Waals surface area contributed by atoms with Crippen LogP contribution >= 0.6 is 11.6 Å². The second kappa shape index (κ2) is 8.12. The molecule has 1 saturated carbocycles. The molecule has 2 amide bonds. The van der Waals surface area contributed by atoms with Gasteiger partial charge in [0.05, 0.1) is 0 Å². The molecule has 25 heavy (non-hydrogen) atoms. The fourth-order valence-electron chi connectivity index (χ4n) is 2.92. The Hall–Kier alpha value is -2.40. The van der Waals surface area contributed by atoms with E-state index in [2.05, 4.69) is 15.6 Å². The smallest absolute Gasteiger partial charge is 0.274 e. The number of anilines is 1. The topological polar surface area (TPSA) is 71.1 Å². The van der Waals surface area contributed by atoms with Crippen molar-refractivity contribution in [1.82, 2.24) is 10.3 Å².